The molecule has 2 aliphatic carbocycles. The van der Waals surface area contributed by atoms with E-state index < -0.39 is 0 Å². The number of benzene rings is 1. The van der Waals surface area contributed by atoms with Crippen molar-refractivity contribution in [2.75, 3.05) is 0 Å². The van der Waals surface area contributed by atoms with Crippen molar-refractivity contribution in [2.24, 2.45) is 11.1 Å². The summed E-state index contributed by atoms with van der Waals surface area (Å²) < 4.78 is 0. The van der Waals surface area contributed by atoms with Crippen molar-refractivity contribution in [1.82, 2.24) is 0 Å². The van der Waals surface area contributed by atoms with E-state index in [1.807, 2.05) is 12.1 Å². The van der Waals surface area contributed by atoms with Gasteiger partial charge in [-0.25, -0.2) is 0 Å². The average Bonchev–Trinajstić information content (AvgIpc) is 2.64. The van der Waals surface area contributed by atoms with Crippen LogP contribution < -0.4 is 5.73 Å². The van der Waals surface area contributed by atoms with Crippen LogP contribution >= 0.6 is 0 Å². The zero-order valence-electron chi connectivity index (χ0n) is 11.8. The van der Waals surface area contributed by atoms with Crippen molar-refractivity contribution in [2.45, 2.75) is 56.9 Å². The second-order valence-electron chi connectivity index (χ2n) is 6.73. The van der Waals surface area contributed by atoms with Crippen LogP contribution in [0.25, 0.3) is 0 Å². The maximum absolute atomic E-state index is 10.7. The molecule has 0 aromatic heterocycles. The molecule has 2 fully saturated rings. The quantitative estimate of drug-likeness (QED) is 0.657. The van der Waals surface area contributed by atoms with Crippen molar-refractivity contribution in [3.8, 4) is 0 Å². The van der Waals surface area contributed by atoms with Gasteiger partial charge < -0.3 is 5.73 Å². The summed E-state index contributed by atoms with van der Waals surface area (Å²) in [4.78, 5) is 10.3. The second kappa shape index (κ2) is 4.85. The van der Waals surface area contributed by atoms with Crippen LogP contribution in [-0.2, 0) is 5.54 Å². The Balaban J connectivity index is 1.73. The predicted octanol–water partition coefficient (Wildman–Crippen LogP) is 3.88. The Hall–Kier alpha value is -1.42. The molecule has 2 saturated carbocycles. The molecule has 0 saturated heterocycles. The van der Waals surface area contributed by atoms with E-state index in [1.165, 1.54) is 38.5 Å². The molecular formula is C16H22N2O2. The number of rotatable bonds is 2. The van der Waals surface area contributed by atoms with Gasteiger partial charge >= 0.3 is 0 Å². The molecule has 1 aromatic carbocycles. The molecular weight excluding hydrogens is 252 g/mol. The Labute approximate surface area is 119 Å². The van der Waals surface area contributed by atoms with Gasteiger partial charge in [0.05, 0.1) is 4.92 Å². The highest BCUT2D eigenvalue weighted by molar-refractivity contribution is 5.38. The molecule has 4 nitrogen and oxygen atoms in total. The van der Waals surface area contributed by atoms with E-state index in [1.54, 1.807) is 12.1 Å². The van der Waals surface area contributed by atoms with Crippen LogP contribution in [0.3, 0.4) is 0 Å². The summed E-state index contributed by atoms with van der Waals surface area (Å²) in [5, 5.41) is 10.7. The van der Waals surface area contributed by atoms with Crippen LogP contribution in [-0.4, -0.2) is 4.92 Å². The van der Waals surface area contributed by atoms with Crippen molar-refractivity contribution >= 4 is 5.69 Å². The lowest BCUT2D eigenvalue weighted by Gasteiger charge is -2.55. The second-order valence-corrected chi connectivity index (χ2v) is 6.73. The Kier molecular flexibility index (Phi) is 3.28. The zero-order chi connectivity index (χ0) is 14.2. The van der Waals surface area contributed by atoms with Gasteiger partial charge in [-0.1, -0.05) is 37.8 Å². The molecule has 4 heteroatoms. The van der Waals surface area contributed by atoms with Gasteiger partial charge in [-0.3, -0.25) is 10.1 Å². The van der Waals surface area contributed by atoms with Gasteiger partial charge in [0, 0.05) is 17.7 Å². The van der Waals surface area contributed by atoms with Crippen molar-refractivity contribution in [3.05, 3.63) is 39.9 Å². The van der Waals surface area contributed by atoms with Gasteiger partial charge in [-0.2, -0.15) is 0 Å². The van der Waals surface area contributed by atoms with Crippen LogP contribution in [0.1, 0.15) is 56.9 Å². The van der Waals surface area contributed by atoms with Crippen LogP contribution in [0.4, 0.5) is 5.69 Å². The van der Waals surface area contributed by atoms with E-state index in [2.05, 4.69) is 0 Å². The fraction of sp³-hybridized carbons (Fsp3) is 0.625. The number of nitro groups is 1. The first kappa shape index (κ1) is 13.6. The molecule has 2 aliphatic rings. The smallest absolute Gasteiger partial charge is 0.269 e. The van der Waals surface area contributed by atoms with E-state index in [0.29, 0.717) is 5.41 Å². The van der Waals surface area contributed by atoms with Crippen LogP contribution in [0.2, 0.25) is 0 Å². The number of non-ortho nitro benzene ring substituents is 1. The highest BCUT2D eigenvalue weighted by atomic mass is 16.6. The minimum Gasteiger partial charge on any atom is -0.321 e. The van der Waals surface area contributed by atoms with Gasteiger partial charge in [0.1, 0.15) is 0 Å². The summed E-state index contributed by atoms with van der Waals surface area (Å²) in [5.41, 5.74) is 7.92. The normalized spacial score (nSPS) is 23.9. The molecule has 108 valence electrons. The molecule has 0 amide bonds. The molecule has 1 aromatic rings. The molecule has 20 heavy (non-hydrogen) atoms. The monoisotopic (exact) mass is 274 g/mol. The standard InChI is InChI=1S/C16H22N2O2/c17-16(13-5-7-14(8-6-13)18(19)20)11-15(12-16)9-3-1-2-4-10-15/h5-8H,1-4,9-12,17H2. The molecule has 0 atom stereocenters. The maximum atomic E-state index is 10.7. The lowest BCUT2D eigenvalue weighted by Crippen LogP contribution is -2.55. The summed E-state index contributed by atoms with van der Waals surface area (Å²) in [6, 6.07) is 6.81. The minimum atomic E-state index is -0.361. The van der Waals surface area contributed by atoms with Crippen molar-refractivity contribution in [3.63, 3.8) is 0 Å². The zero-order valence-corrected chi connectivity index (χ0v) is 11.8. The highest BCUT2D eigenvalue weighted by Crippen LogP contribution is 2.58. The number of nitro benzene ring substituents is 1. The fourth-order valence-corrected chi connectivity index (χ4v) is 4.24. The molecule has 0 radical (unpaired) electrons. The van der Waals surface area contributed by atoms with Crippen molar-refractivity contribution in [1.29, 1.82) is 0 Å². The highest BCUT2D eigenvalue weighted by Gasteiger charge is 2.52. The van der Waals surface area contributed by atoms with Crippen molar-refractivity contribution < 1.29 is 4.92 Å². The largest absolute Gasteiger partial charge is 0.321 e. The topological polar surface area (TPSA) is 69.2 Å². The van der Waals surface area contributed by atoms with E-state index in [9.17, 15) is 10.1 Å². The van der Waals surface area contributed by atoms with Crippen LogP contribution in [0.5, 0.6) is 0 Å². The predicted molar refractivity (Wildman–Crippen MR) is 78.3 cm³/mol. The first-order valence-corrected chi connectivity index (χ1v) is 7.57. The van der Waals surface area contributed by atoms with E-state index >= 15 is 0 Å². The Morgan fingerprint density at radius 1 is 1.00 bits per heavy atom. The van der Waals surface area contributed by atoms with E-state index in [-0.39, 0.29) is 16.1 Å². The minimum absolute atomic E-state index is 0.140. The van der Waals surface area contributed by atoms with Crippen LogP contribution in [0, 0.1) is 15.5 Å². The fourth-order valence-electron chi connectivity index (χ4n) is 4.24. The Bertz CT molecular complexity index is 494. The number of nitrogens with zero attached hydrogens (tertiary/aromatic N) is 1. The third-order valence-electron chi connectivity index (χ3n) is 5.20. The maximum Gasteiger partial charge on any atom is 0.269 e. The average molecular weight is 274 g/mol. The van der Waals surface area contributed by atoms with Gasteiger partial charge in [-0.15, -0.1) is 0 Å². The Morgan fingerprint density at radius 3 is 2.05 bits per heavy atom. The van der Waals surface area contributed by atoms with Gasteiger partial charge in [0.15, 0.2) is 0 Å². The first-order chi connectivity index (χ1) is 9.53. The summed E-state index contributed by atoms with van der Waals surface area (Å²) in [6.07, 6.45) is 10.1. The third kappa shape index (κ3) is 2.33. The van der Waals surface area contributed by atoms with Crippen LogP contribution in [0.15, 0.2) is 24.3 Å². The molecule has 1 spiro atoms. The summed E-state index contributed by atoms with van der Waals surface area (Å²) >= 11 is 0. The molecule has 0 unspecified atom stereocenters. The van der Waals surface area contributed by atoms with Gasteiger partial charge in [0.2, 0.25) is 0 Å². The Morgan fingerprint density at radius 2 is 1.55 bits per heavy atom. The number of hydrogen-bond acceptors (Lipinski definition) is 3. The van der Waals surface area contributed by atoms with Gasteiger partial charge in [-0.05, 0) is 36.7 Å². The van der Waals surface area contributed by atoms with E-state index in [4.69, 9.17) is 5.73 Å². The summed E-state index contributed by atoms with van der Waals surface area (Å²) in [7, 11) is 0. The van der Waals surface area contributed by atoms with E-state index in [0.717, 1.165) is 18.4 Å². The van der Waals surface area contributed by atoms with Gasteiger partial charge in [0.25, 0.3) is 5.69 Å². The lowest BCUT2D eigenvalue weighted by atomic mass is 9.53. The summed E-state index contributed by atoms with van der Waals surface area (Å²) in [6.45, 7) is 0. The SMILES string of the molecule is NC1(c2ccc([N+](=O)[O-])cc2)CC2(CCCCCC2)C1. The lowest BCUT2D eigenvalue weighted by molar-refractivity contribution is -0.384. The molecule has 2 N–H and O–H groups in total. The number of nitrogens with two attached hydrogens (primary N) is 1. The number of hydrogen-bond donors (Lipinski definition) is 1. The molecule has 0 bridgehead atoms. The molecule has 0 aliphatic heterocycles. The molecule has 3 rings (SSSR count). The molecule has 0 heterocycles. The summed E-state index contributed by atoms with van der Waals surface area (Å²) in [5.74, 6) is 0. The third-order valence-corrected chi connectivity index (χ3v) is 5.20. The first-order valence-electron chi connectivity index (χ1n) is 7.57.